The van der Waals surface area contributed by atoms with Gasteiger partial charge in [0.1, 0.15) is 5.69 Å². The molecule has 1 aromatic heterocycles. The number of carbonyl (C=O) groups is 1. The molecule has 4 heteroatoms. The number of aryl methyl sites for hydroxylation is 2. The van der Waals surface area contributed by atoms with Crippen molar-refractivity contribution in [2.75, 3.05) is 13.1 Å². The van der Waals surface area contributed by atoms with E-state index in [9.17, 15) is 4.79 Å². The normalized spacial score (nSPS) is 15.8. The zero-order chi connectivity index (χ0) is 19.5. The fraction of sp³-hybridized carbons (Fsp3) is 0.375. The van der Waals surface area contributed by atoms with Crippen LogP contribution in [-0.2, 0) is 13.1 Å². The summed E-state index contributed by atoms with van der Waals surface area (Å²) < 4.78 is 2.14. The van der Waals surface area contributed by atoms with Gasteiger partial charge in [0, 0.05) is 43.1 Å². The number of fused-ring (bicyclic) bond motifs is 1. The molecule has 0 radical (unpaired) electrons. The highest BCUT2D eigenvalue weighted by atomic mass is 16.2. The lowest BCUT2D eigenvalue weighted by atomic mass is 10.0. The van der Waals surface area contributed by atoms with Crippen LogP contribution in [0.5, 0.6) is 0 Å². The molecule has 0 spiro atoms. The number of likely N-dealkylation sites (tertiary alicyclic amines) is 1. The SMILES string of the molecule is CCn1c(C(=O)NC2CCN(Cc3ccccc3)CC2)c(C)c2ccccc21. The lowest BCUT2D eigenvalue weighted by molar-refractivity contribution is 0.0899. The van der Waals surface area contributed by atoms with E-state index in [-0.39, 0.29) is 11.9 Å². The number of nitrogens with one attached hydrogen (secondary N) is 1. The van der Waals surface area contributed by atoms with Crippen LogP contribution in [0.4, 0.5) is 0 Å². The zero-order valence-electron chi connectivity index (χ0n) is 16.8. The molecule has 4 nitrogen and oxygen atoms in total. The molecule has 0 bridgehead atoms. The van der Waals surface area contributed by atoms with Crippen LogP contribution < -0.4 is 5.32 Å². The number of hydrogen-bond acceptors (Lipinski definition) is 2. The maximum absolute atomic E-state index is 13.1. The van der Waals surface area contributed by atoms with Gasteiger partial charge in [-0.2, -0.15) is 0 Å². The molecule has 1 aliphatic heterocycles. The van der Waals surface area contributed by atoms with Crippen molar-refractivity contribution in [3.63, 3.8) is 0 Å². The third kappa shape index (κ3) is 3.69. The maximum Gasteiger partial charge on any atom is 0.268 e. The van der Waals surface area contributed by atoms with Crippen LogP contribution in [0, 0.1) is 6.92 Å². The highest BCUT2D eigenvalue weighted by molar-refractivity contribution is 6.01. The average Bonchev–Trinajstić information content (AvgIpc) is 3.02. The Hall–Kier alpha value is -2.59. The molecule has 0 aliphatic carbocycles. The first-order valence-electron chi connectivity index (χ1n) is 10.3. The molecule has 28 heavy (non-hydrogen) atoms. The van der Waals surface area contributed by atoms with Gasteiger partial charge in [0.05, 0.1) is 0 Å². The third-order valence-electron chi connectivity index (χ3n) is 5.93. The molecule has 1 amide bonds. The lowest BCUT2D eigenvalue weighted by Crippen LogP contribution is -2.44. The molecule has 0 unspecified atom stereocenters. The standard InChI is InChI=1S/C24H29N3O/c1-3-27-22-12-8-7-11-21(22)18(2)23(27)24(28)25-20-13-15-26(16-14-20)17-19-9-5-4-6-10-19/h4-12,20H,3,13-17H2,1-2H3,(H,25,28). The topological polar surface area (TPSA) is 37.3 Å². The molecule has 4 rings (SSSR count). The molecule has 146 valence electrons. The molecular formula is C24H29N3O. The Morgan fingerprint density at radius 2 is 1.71 bits per heavy atom. The highest BCUT2D eigenvalue weighted by Gasteiger charge is 2.24. The monoisotopic (exact) mass is 375 g/mol. The molecule has 0 saturated carbocycles. The lowest BCUT2D eigenvalue weighted by Gasteiger charge is -2.32. The number of hydrogen-bond donors (Lipinski definition) is 1. The number of para-hydroxylation sites is 1. The van der Waals surface area contributed by atoms with E-state index in [1.165, 1.54) is 10.9 Å². The minimum absolute atomic E-state index is 0.0667. The molecular weight excluding hydrogens is 346 g/mol. The molecule has 0 atom stereocenters. The second-order valence-corrected chi connectivity index (χ2v) is 7.74. The second-order valence-electron chi connectivity index (χ2n) is 7.74. The fourth-order valence-corrected chi connectivity index (χ4v) is 4.43. The first-order valence-corrected chi connectivity index (χ1v) is 10.3. The molecule has 2 aromatic carbocycles. The number of piperidine rings is 1. The Morgan fingerprint density at radius 3 is 2.43 bits per heavy atom. The molecule has 3 aromatic rings. The largest absolute Gasteiger partial charge is 0.348 e. The summed E-state index contributed by atoms with van der Waals surface area (Å²) in [5, 5.41) is 4.48. The minimum Gasteiger partial charge on any atom is -0.348 e. The summed E-state index contributed by atoms with van der Waals surface area (Å²) >= 11 is 0. The number of nitrogens with zero attached hydrogens (tertiary/aromatic N) is 2. The number of carbonyl (C=O) groups excluding carboxylic acids is 1. The minimum atomic E-state index is 0.0667. The molecule has 1 fully saturated rings. The quantitative estimate of drug-likeness (QED) is 0.719. The van der Waals surface area contributed by atoms with Crippen LogP contribution in [0.15, 0.2) is 54.6 Å². The van der Waals surface area contributed by atoms with Crippen LogP contribution >= 0.6 is 0 Å². The predicted molar refractivity (Wildman–Crippen MR) is 115 cm³/mol. The summed E-state index contributed by atoms with van der Waals surface area (Å²) in [7, 11) is 0. The van der Waals surface area contributed by atoms with Crippen LogP contribution in [0.1, 0.15) is 41.4 Å². The first-order chi connectivity index (χ1) is 13.7. The van der Waals surface area contributed by atoms with Crippen LogP contribution in [-0.4, -0.2) is 34.5 Å². The fourth-order valence-electron chi connectivity index (χ4n) is 4.43. The Bertz CT molecular complexity index is 953. The van der Waals surface area contributed by atoms with Gasteiger partial charge in [-0.15, -0.1) is 0 Å². The summed E-state index contributed by atoms with van der Waals surface area (Å²) in [5.41, 5.74) is 4.39. The van der Waals surface area contributed by atoms with Crippen molar-refractivity contribution in [1.29, 1.82) is 0 Å². The van der Waals surface area contributed by atoms with Gasteiger partial charge < -0.3 is 9.88 Å². The van der Waals surface area contributed by atoms with Crippen LogP contribution in [0.25, 0.3) is 10.9 Å². The molecule has 1 N–H and O–H groups in total. The van der Waals surface area contributed by atoms with Crippen molar-refractivity contribution in [3.8, 4) is 0 Å². The number of rotatable bonds is 5. The van der Waals surface area contributed by atoms with Gasteiger partial charge >= 0.3 is 0 Å². The van der Waals surface area contributed by atoms with Gasteiger partial charge in [-0.05, 0) is 43.9 Å². The zero-order valence-corrected chi connectivity index (χ0v) is 16.8. The van der Waals surface area contributed by atoms with Gasteiger partial charge in [0.15, 0.2) is 0 Å². The van der Waals surface area contributed by atoms with Crippen LogP contribution in [0.2, 0.25) is 0 Å². The van der Waals surface area contributed by atoms with E-state index in [1.807, 2.05) is 12.1 Å². The van der Waals surface area contributed by atoms with Crippen molar-refractivity contribution in [1.82, 2.24) is 14.8 Å². The highest BCUT2D eigenvalue weighted by Crippen LogP contribution is 2.26. The summed E-state index contributed by atoms with van der Waals surface area (Å²) in [4.78, 5) is 15.6. The van der Waals surface area contributed by atoms with Crippen molar-refractivity contribution in [2.24, 2.45) is 0 Å². The van der Waals surface area contributed by atoms with Crippen LogP contribution in [0.3, 0.4) is 0 Å². The van der Waals surface area contributed by atoms with Crippen molar-refractivity contribution < 1.29 is 4.79 Å². The summed E-state index contributed by atoms with van der Waals surface area (Å²) in [6.45, 7) is 8.00. The Labute approximate surface area is 167 Å². The Kier molecular flexibility index (Phi) is 5.49. The van der Waals surface area contributed by atoms with E-state index in [2.05, 4.69) is 71.1 Å². The predicted octanol–water partition coefficient (Wildman–Crippen LogP) is 4.36. The van der Waals surface area contributed by atoms with Crippen molar-refractivity contribution in [2.45, 2.75) is 45.8 Å². The van der Waals surface area contributed by atoms with Gasteiger partial charge in [-0.25, -0.2) is 0 Å². The van der Waals surface area contributed by atoms with E-state index in [1.54, 1.807) is 0 Å². The van der Waals surface area contributed by atoms with Gasteiger partial charge in [0.2, 0.25) is 0 Å². The van der Waals surface area contributed by atoms with Crippen molar-refractivity contribution >= 4 is 16.8 Å². The summed E-state index contributed by atoms with van der Waals surface area (Å²) in [6.07, 6.45) is 2.01. The van der Waals surface area contributed by atoms with E-state index < -0.39 is 0 Å². The smallest absolute Gasteiger partial charge is 0.268 e. The van der Waals surface area contributed by atoms with Gasteiger partial charge in [-0.1, -0.05) is 48.5 Å². The van der Waals surface area contributed by atoms with E-state index in [0.29, 0.717) is 0 Å². The Balaban J connectivity index is 1.41. The first kappa shape index (κ1) is 18.8. The number of aromatic nitrogens is 1. The summed E-state index contributed by atoms with van der Waals surface area (Å²) in [6, 6.07) is 19.2. The van der Waals surface area contributed by atoms with E-state index in [0.717, 1.165) is 55.8 Å². The van der Waals surface area contributed by atoms with Gasteiger partial charge in [0.25, 0.3) is 5.91 Å². The average molecular weight is 376 g/mol. The maximum atomic E-state index is 13.1. The summed E-state index contributed by atoms with van der Waals surface area (Å²) in [5.74, 6) is 0.0667. The molecule has 1 saturated heterocycles. The van der Waals surface area contributed by atoms with Crippen molar-refractivity contribution in [3.05, 3.63) is 71.4 Å². The second kappa shape index (κ2) is 8.19. The third-order valence-corrected chi connectivity index (χ3v) is 5.93. The molecule has 2 heterocycles. The number of amides is 1. The van der Waals surface area contributed by atoms with E-state index >= 15 is 0 Å². The molecule has 1 aliphatic rings. The number of benzene rings is 2. The van der Waals surface area contributed by atoms with Gasteiger partial charge in [-0.3, -0.25) is 9.69 Å². The Morgan fingerprint density at radius 1 is 1.04 bits per heavy atom. The van der Waals surface area contributed by atoms with E-state index in [4.69, 9.17) is 0 Å².